The second-order valence-corrected chi connectivity index (χ2v) is 9.69. The zero-order valence-corrected chi connectivity index (χ0v) is 21.1. The molecule has 2 heterocycles. The molecule has 0 spiro atoms. The number of benzene rings is 3. The molecule has 36 heavy (non-hydrogen) atoms. The number of thiophene rings is 1. The average molecular weight is 517 g/mol. The van der Waals surface area contributed by atoms with Gasteiger partial charge in [0.15, 0.2) is 0 Å². The average Bonchev–Trinajstić information content (AvgIpc) is 3.19. The lowest BCUT2D eigenvalue weighted by atomic mass is 9.83. The minimum atomic E-state index is -0.559. The van der Waals surface area contributed by atoms with E-state index in [0.717, 1.165) is 26.8 Å². The van der Waals surface area contributed by atoms with Crippen molar-refractivity contribution in [1.29, 1.82) is 5.26 Å². The van der Waals surface area contributed by atoms with Gasteiger partial charge in [-0.05, 0) is 49.2 Å². The summed E-state index contributed by atoms with van der Waals surface area (Å²) in [7, 11) is 0. The highest BCUT2D eigenvalue weighted by Gasteiger charge is 2.31. The molecule has 0 fully saturated rings. The molecule has 1 unspecified atom stereocenters. The van der Waals surface area contributed by atoms with Crippen LogP contribution >= 0.6 is 22.9 Å². The number of rotatable bonds is 5. The molecule has 1 aliphatic heterocycles. The van der Waals surface area contributed by atoms with Crippen molar-refractivity contribution in [2.75, 3.05) is 6.61 Å². The number of hydrogen-bond acceptors (Lipinski definition) is 7. The van der Waals surface area contributed by atoms with E-state index in [4.69, 9.17) is 31.5 Å². The highest BCUT2D eigenvalue weighted by molar-refractivity contribution is 7.21. The summed E-state index contributed by atoms with van der Waals surface area (Å²) in [5.41, 5.74) is 9.07. The molecule has 0 saturated carbocycles. The first-order valence-corrected chi connectivity index (χ1v) is 12.4. The smallest absolute Gasteiger partial charge is 0.355 e. The molecule has 8 heteroatoms. The fourth-order valence-corrected chi connectivity index (χ4v) is 5.73. The molecule has 180 valence electrons. The van der Waals surface area contributed by atoms with Crippen LogP contribution in [0.2, 0.25) is 5.02 Å². The van der Waals surface area contributed by atoms with E-state index in [-0.39, 0.29) is 11.6 Å². The van der Waals surface area contributed by atoms with E-state index in [2.05, 4.69) is 6.07 Å². The predicted molar refractivity (Wildman–Crippen MR) is 140 cm³/mol. The number of esters is 1. The normalized spacial score (nSPS) is 14.7. The molecular formula is C28H21ClN2O4S. The minimum absolute atomic E-state index is 0.00297. The molecule has 3 aromatic carbocycles. The van der Waals surface area contributed by atoms with Gasteiger partial charge in [0.25, 0.3) is 0 Å². The number of allylic oxidation sites excluding steroid dienone is 1. The topological polar surface area (TPSA) is 94.6 Å². The third kappa shape index (κ3) is 4.26. The summed E-state index contributed by atoms with van der Waals surface area (Å²) in [4.78, 5) is 13.3. The van der Waals surface area contributed by atoms with Crippen LogP contribution in [0, 0.1) is 18.3 Å². The Morgan fingerprint density at radius 3 is 2.78 bits per heavy atom. The van der Waals surface area contributed by atoms with Gasteiger partial charge in [-0.15, -0.1) is 11.3 Å². The highest BCUT2D eigenvalue weighted by Crippen LogP contribution is 2.44. The lowest BCUT2D eigenvalue weighted by Gasteiger charge is -2.27. The number of nitrogens with zero attached hydrogens (tertiary/aromatic N) is 1. The summed E-state index contributed by atoms with van der Waals surface area (Å²) in [6, 6.07) is 20.6. The van der Waals surface area contributed by atoms with Crippen LogP contribution in [0.4, 0.5) is 0 Å². The molecule has 0 amide bonds. The second-order valence-electron chi connectivity index (χ2n) is 8.26. The standard InChI is InChI=1S/C28H21ClN2O4S/c1-3-33-17-6-4-5-16(12-17)24-19-10-8-18(13-22(19)35-27(31)21(24)14-30)34-28(32)26-25(29)20-9-7-15(2)11-23(20)36-26/h4-13,24H,3,31H2,1-2H3. The van der Waals surface area contributed by atoms with Gasteiger partial charge in [-0.25, -0.2) is 4.79 Å². The Morgan fingerprint density at radius 1 is 1.17 bits per heavy atom. The van der Waals surface area contributed by atoms with Crippen molar-refractivity contribution in [2.45, 2.75) is 19.8 Å². The zero-order chi connectivity index (χ0) is 25.4. The second kappa shape index (κ2) is 9.57. The number of halogens is 1. The molecule has 0 aliphatic carbocycles. The minimum Gasteiger partial charge on any atom is -0.494 e. The largest absolute Gasteiger partial charge is 0.494 e. The zero-order valence-electron chi connectivity index (χ0n) is 19.5. The molecule has 0 bridgehead atoms. The maximum Gasteiger partial charge on any atom is 0.355 e. The van der Waals surface area contributed by atoms with Crippen LogP contribution in [-0.4, -0.2) is 12.6 Å². The Balaban J connectivity index is 1.48. The fraction of sp³-hybridized carbons (Fsp3) is 0.143. The van der Waals surface area contributed by atoms with Crippen LogP contribution in [-0.2, 0) is 0 Å². The van der Waals surface area contributed by atoms with Gasteiger partial charge in [0.05, 0.1) is 17.5 Å². The third-order valence-corrected chi connectivity index (χ3v) is 7.51. The summed E-state index contributed by atoms with van der Waals surface area (Å²) in [6.45, 7) is 4.41. The van der Waals surface area contributed by atoms with Crippen LogP contribution in [0.5, 0.6) is 17.2 Å². The van der Waals surface area contributed by atoms with Gasteiger partial charge in [0.1, 0.15) is 33.8 Å². The van der Waals surface area contributed by atoms with Crippen molar-refractivity contribution in [3.63, 3.8) is 0 Å². The Hall–Kier alpha value is -3.99. The van der Waals surface area contributed by atoms with Gasteiger partial charge in [-0.2, -0.15) is 5.26 Å². The van der Waals surface area contributed by atoms with Crippen molar-refractivity contribution in [2.24, 2.45) is 5.73 Å². The van der Waals surface area contributed by atoms with E-state index in [9.17, 15) is 10.1 Å². The number of ether oxygens (including phenoxy) is 3. The Bertz CT molecular complexity index is 1580. The first kappa shape index (κ1) is 23.7. The molecular weight excluding hydrogens is 496 g/mol. The Labute approximate surface area is 217 Å². The SMILES string of the molecule is CCOc1cccc(C2C(C#N)=C(N)Oc3cc(OC(=O)c4sc5cc(C)ccc5c4Cl)ccc32)c1. The van der Waals surface area contributed by atoms with Crippen LogP contribution in [0.15, 0.2) is 72.1 Å². The fourth-order valence-electron chi connectivity index (χ4n) is 4.25. The van der Waals surface area contributed by atoms with Gasteiger partial charge < -0.3 is 19.9 Å². The predicted octanol–water partition coefficient (Wildman–Crippen LogP) is 6.70. The quantitative estimate of drug-likeness (QED) is 0.234. The van der Waals surface area contributed by atoms with Crippen LogP contribution in [0.1, 0.15) is 39.2 Å². The van der Waals surface area contributed by atoms with Crippen molar-refractivity contribution in [1.82, 2.24) is 0 Å². The third-order valence-electron chi connectivity index (χ3n) is 5.87. The van der Waals surface area contributed by atoms with Gasteiger partial charge in [0, 0.05) is 21.7 Å². The molecule has 1 atom stereocenters. The molecule has 6 nitrogen and oxygen atoms in total. The van der Waals surface area contributed by atoms with Gasteiger partial charge in [0.2, 0.25) is 5.88 Å². The van der Waals surface area contributed by atoms with Crippen LogP contribution < -0.4 is 19.9 Å². The summed E-state index contributed by atoms with van der Waals surface area (Å²) in [5.74, 6) is 0.365. The number of carbonyl (C=O) groups excluding carboxylic acids is 1. The monoisotopic (exact) mass is 516 g/mol. The molecule has 0 saturated heterocycles. The highest BCUT2D eigenvalue weighted by atomic mass is 35.5. The molecule has 2 N–H and O–H groups in total. The van der Waals surface area contributed by atoms with Gasteiger partial charge in [-0.3, -0.25) is 0 Å². The number of carbonyl (C=O) groups is 1. The lowest BCUT2D eigenvalue weighted by molar-refractivity contribution is 0.0740. The van der Waals surface area contributed by atoms with Crippen molar-refractivity contribution >= 4 is 39.0 Å². The summed E-state index contributed by atoms with van der Waals surface area (Å²) >= 11 is 7.77. The van der Waals surface area contributed by atoms with Crippen LogP contribution in [0.3, 0.4) is 0 Å². The van der Waals surface area contributed by atoms with Crippen molar-refractivity contribution in [3.8, 4) is 23.3 Å². The number of nitriles is 1. The van der Waals surface area contributed by atoms with E-state index in [0.29, 0.717) is 33.6 Å². The Morgan fingerprint density at radius 2 is 2.00 bits per heavy atom. The van der Waals surface area contributed by atoms with Gasteiger partial charge in [-0.1, -0.05) is 41.9 Å². The number of aryl methyl sites for hydroxylation is 1. The molecule has 5 rings (SSSR count). The van der Waals surface area contributed by atoms with E-state index in [1.807, 2.05) is 56.3 Å². The molecule has 1 aliphatic rings. The van der Waals surface area contributed by atoms with E-state index in [1.165, 1.54) is 11.3 Å². The summed E-state index contributed by atoms with van der Waals surface area (Å²) in [6.07, 6.45) is 0. The van der Waals surface area contributed by atoms with Crippen molar-refractivity contribution < 1.29 is 19.0 Å². The van der Waals surface area contributed by atoms with Crippen LogP contribution in [0.25, 0.3) is 10.1 Å². The van der Waals surface area contributed by atoms with E-state index in [1.54, 1.807) is 18.2 Å². The summed E-state index contributed by atoms with van der Waals surface area (Å²) in [5, 5.41) is 11.0. The molecule has 4 aromatic rings. The number of hydrogen-bond donors (Lipinski definition) is 1. The molecule has 0 radical (unpaired) electrons. The van der Waals surface area contributed by atoms with Crippen molar-refractivity contribution in [3.05, 3.63) is 98.7 Å². The Kier molecular flexibility index (Phi) is 6.31. The van der Waals surface area contributed by atoms with E-state index >= 15 is 0 Å². The first-order valence-electron chi connectivity index (χ1n) is 11.2. The van der Waals surface area contributed by atoms with E-state index < -0.39 is 11.9 Å². The lowest BCUT2D eigenvalue weighted by Crippen LogP contribution is -2.21. The van der Waals surface area contributed by atoms with Gasteiger partial charge >= 0.3 is 5.97 Å². The maximum atomic E-state index is 13.0. The summed E-state index contributed by atoms with van der Waals surface area (Å²) < 4.78 is 18.0. The number of nitrogens with two attached hydrogens (primary N) is 1. The first-order chi connectivity index (χ1) is 17.4. The maximum absolute atomic E-state index is 13.0. The molecule has 1 aromatic heterocycles. The number of fused-ring (bicyclic) bond motifs is 2.